The minimum Gasteiger partial charge on any atom is -0.344 e. The van der Waals surface area contributed by atoms with Gasteiger partial charge in [-0.3, -0.25) is 9.59 Å². The number of anilines is 1. The highest BCUT2D eigenvalue weighted by molar-refractivity contribution is 6.04. The van der Waals surface area contributed by atoms with Gasteiger partial charge in [-0.05, 0) is 61.0 Å². The quantitative estimate of drug-likeness (QED) is 0.286. The lowest BCUT2D eigenvalue weighted by Gasteiger charge is -2.19. The molecule has 1 heterocycles. The van der Waals surface area contributed by atoms with Gasteiger partial charge in [0, 0.05) is 5.69 Å². The lowest BCUT2D eigenvalue weighted by Crippen LogP contribution is -2.28. The number of aromatic nitrogens is 1. The number of alkyl halides is 12. The molecule has 0 aliphatic rings. The molecule has 17 heteroatoms. The average molecular weight is 617 g/mol. The maximum atomic E-state index is 13.2. The van der Waals surface area contributed by atoms with Crippen molar-refractivity contribution < 1.29 is 62.3 Å². The van der Waals surface area contributed by atoms with Crippen molar-refractivity contribution in [3.63, 3.8) is 0 Å². The van der Waals surface area contributed by atoms with Crippen LogP contribution in [0, 0.1) is 0 Å². The number of benzene rings is 2. The third kappa shape index (κ3) is 7.91. The van der Waals surface area contributed by atoms with Crippen molar-refractivity contribution >= 4 is 17.5 Å². The van der Waals surface area contributed by atoms with Crippen LogP contribution in [0.2, 0.25) is 0 Å². The van der Waals surface area contributed by atoms with Gasteiger partial charge < -0.3 is 10.6 Å². The minimum atomic E-state index is -5.20. The van der Waals surface area contributed by atoms with E-state index in [0.717, 1.165) is 25.1 Å². The van der Waals surface area contributed by atoms with Crippen molar-refractivity contribution in [2.75, 3.05) is 5.32 Å². The number of pyridine rings is 1. The predicted molar refractivity (Wildman–Crippen MR) is 121 cm³/mol. The van der Waals surface area contributed by atoms with Crippen molar-refractivity contribution in [3.05, 3.63) is 93.8 Å². The molecule has 0 aliphatic carbocycles. The van der Waals surface area contributed by atoms with E-state index in [2.05, 4.69) is 10.3 Å². The first-order valence-corrected chi connectivity index (χ1v) is 11.2. The topological polar surface area (TPSA) is 71.1 Å². The second kappa shape index (κ2) is 11.2. The molecule has 42 heavy (non-hydrogen) atoms. The van der Waals surface area contributed by atoms with Gasteiger partial charge in [-0.1, -0.05) is 6.07 Å². The standard InChI is InChI=1S/C25H15F12N3O2/c1-11(12-5-13(22(26,27)28)7-14(6-12)23(29,30)31)38-20(41)18-3-2-4-19(40-18)21(42)39-17-9-15(24(32,33)34)8-16(10-17)25(35,36)37/h2-11H,1H3,(H,38,41)(H,39,42)/t11-/m0/s1. The summed E-state index contributed by atoms with van der Waals surface area (Å²) in [6, 6.07) is 2.49. The van der Waals surface area contributed by atoms with E-state index in [-0.39, 0.29) is 24.3 Å². The van der Waals surface area contributed by atoms with Gasteiger partial charge in [0.2, 0.25) is 0 Å². The smallest absolute Gasteiger partial charge is 0.344 e. The number of amides is 2. The molecule has 2 amide bonds. The molecular formula is C25H15F12N3O2. The second-order valence-electron chi connectivity index (χ2n) is 8.69. The van der Waals surface area contributed by atoms with Crippen LogP contribution in [0.3, 0.4) is 0 Å². The molecule has 5 nitrogen and oxygen atoms in total. The van der Waals surface area contributed by atoms with Crippen LogP contribution in [-0.4, -0.2) is 16.8 Å². The van der Waals surface area contributed by atoms with E-state index in [1.54, 1.807) is 0 Å². The Morgan fingerprint density at radius 2 is 1.00 bits per heavy atom. The summed E-state index contributed by atoms with van der Waals surface area (Å²) in [5.41, 5.74) is -9.45. The van der Waals surface area contributed by atoms with Crippen LogP contribution in [0.1, 0.15) is 61.8 Å². The summed E-state index contributed by atoms with van der Waals surface area (Å²) in [6.07, 6.45) is -20.7. The summed E-state index contributed by atoms with van der Waals surface area (Å²) in [5, 5.41) is 3.93. The molecule has 0 radical (unpaired) electrons. The monoisotopic (exact) mass is 617 g/mol. The van der Waals surface area contributed by atoms with Crippen molar-refractivity contribution in [3.8, 4) is 0 Å². The minimum absolute atomic E-state index is 0.107. The number of hydrogen-bond acceptors (Lipinski definition) is 3. The lowest BCUT2D eigenvalue weighted by atomic mass is 10.00. The van der Waals surface area contributed by atoms with Crippen molar-refractivity contribution in [1.29, 1.82) is 0 Å². The molecule has 0 aliphatic heterocycles. The van der Waals surface area contributed by atoms with E-state index in [9.17, 15) is 62.3 Å². The molecule has 1 aromatic heterocycles. The summed E-state index contributed by atoms with van der Waals surface area (Å²) in [7, 11) is 0. The third-order valence-electron chi connectivity index (χ3n) is 5.52. The largest absolute Gasteiger partial charge is 0.416 e. The number of carbonyl (C=O) groups is 2. The molecule has 2 N–H and O–H groups in total. The third-order valence-corrected chi connectivity index (χ3v) is 5.52. The number of nitrogens with zero attached hydrogens (tertiary/aromatic N) is 1. The fourth-order valence-electron chi connectivity index (χ4n) is 3.49. The molecule has 0 saturated carbocycles. The second-order valence-corrected chi connectivity index (χ2v) is 8.69. The average Bonchev–Trinajstić information content (AvgIpc) is 2.86. The zero-order valence-electron chi connectivity index (χ0n) is 20.6. The first-order chi connectivity index (χ1) is 19.1. The fraction of sp³-hybridized carbons (Fsp3) is 0.240. The first-order valence-electron chi connectivity index (χ1n) is 11.2. The van der Waals surface area contributed by atoms with Crippen LogP contribution < -0.4 is 10.6 Å². The van der Waals surface area contributed by atoms with Gasteiger partial charge in [0.25, 0.3) is 11.8 Å². The first kappa shape index (κ1) is 32.2. The molecule has 2 aromatic carbocycles. The van der Waals surface area contributed by atoms with Gasteiger partial charge in [0.1, 0.15) is 11.4 Å². The molecule has 3 aromatic rings. The Kier molecular flexibility index (Phi) is 8.56. The highest BCUT2D eigenvalue weighted by Crippen LogP contribution is 2.39. The summed E-state index contributed by atoms with van der Waals surface area (Å²) in [4.78, 5) is 28.8. The van der Waals surface area contributed by atoms with Crippen molar-refractivity contribution in [2.24, 2.45) is 0 Å². The van der Waals surface area contributed by atoms with Crippen molar-refractivity contribution in [1.82, 2.24) is 10.3 Å². The van der Waals surface area contributed by atoms with E-state index >= 15 is 0 Å². The van der Waals surface area contributed by atoms with E-state index < -0.39 is 87.5 Å². The molecule has 226 valence electrons. The summed E-state index contributed by atoms with van der Waals surface area (Å²) >= 11 is 0. The molecule has 1 atom stereocenters. The maximum Gasteiger partial charge on any atom is 0.416 e. The van der Waals surface area contributed by atoms with Crippen LogP contribution in [0.25, 0.3) is 0 Å². The molecular weight excluding hydrogens is 602 g/mol. The van der Waals surface area contributed by atoms with Gasteiger partial charge in [-0.25, -0.2) is 4.98 Å². The zero-order valence-corrected chi connectivity index (χ0v) is 20.6. The van der Waals surface area contributed by atoms with E-state index in [0.29, 0.717) is 12.1 Å². The SMILES string of the molecule is C[C@H](NC(=O)c1cccc(C(=O)Nc2cc(C(F)(F)F)cc(C(F)(F)F)c2)n1)c1cc(C(F)(F)F)cc(C(F)(F)F)c1. The zero-order chi connectivity index (χ0) is 31.8. The van der Waals surface area contributed by atoms with Gasteiger partial charge >= 0.3 is 24.7 Å². The Morgan fingerprint density at radius 3 is 1.40 bits per heavy atom. The number of carbonyl (C=O) groups excluding carboxylic acids is 2. The number of halogens is 12. The Bertz CT molecular complexity index is 1430. The van der Waals surface area contributed by atoms with Gasteiger partial charge in [0.15, 0.2) is 0 Å². The summed E-state index contributed by atoms with van der Waals surface area (Å²) < 4.78 is 157. The van der Waals surface area contributed by atoms with E-state index in [4.69, 9.17) is 0 Å². The Morgan fingerprint density at radius 1 is 0.619 bits per heavy atom. The summed E-state index contributed by atoms with van der Waals surface area (Å²) in [6.45, 7) is 1.07. The molecule has 3 rings (SSSR count). The van der Waals surface area contributed by atoms with E-state index in [1.165, 1.54) is 0 Å². The number of nitrogens with one attached hydrogen (secondary N) is 2. The number of hydrogen-bond donors (Lipinski definition) is 2. The molecule has 0 saturated heterocycles. The predicted octanol–water partition coefficient (Wildman–Crippen LogP) is 7.90. The van der Waals surface area contributed by atoms with Crippen LogP contribution in [0.4, 0.5) is 58.4 Å². The lowest BCUT2D eigenvalue weighted by molar-refractivity contribution is -0.144. The Hall–Kier alpha value is -4.31. The van der Waals surface area contributed by atoms with Crippen LogP contribution in [0.5, 0.6) is 0 Å². The van der Waals surface area contributed by atoms with E-state index in [1.807, 2.05) is 5.32 Å². The van der Waals surface area contributed by atoms with Crippen LogP contribution in [-0.2, 0) is 24.7 Å². The number of rotatable bonds is 5. The van der Waals surface area contributed by atoms with Crippen molar-refractivity contribution in [2.45, 2.75) is 37.7 Å². The molecule has 0 unspecified atom stereocenters. The normalized spacial score (nSPS) is 13.5. The Balaban J connectivity index is 1.86. The van der Waals surface area contributed by atoms with Gasteiger partial charge in [0.05, 0.1) is 28.3 Å². The van der Waals surface area contributed by atoms with Gasteiger partial charge in [-0.2, -0.15) is 52.7 Å². The van der Waals surface area contributed by atoms with Gasteiger partial charge in [-0.15, -0.1) is 0 Å². The molecule has 0 bridgehead atoms. The maximum absolute atomic E-state index is 13.2. The fourth-order valence-corrected chi connectivity index (χ4v) is 3.49. The molecule has 0 fully saturated rings. The Labute approximate surface area is 227 Å². The summed E-state index contributed by atoms with van der Waals surface area (Å²) in [5.74, 6) is -2.51. The highest BCUT2D eigenvalue weighted by Gasteiger charge is 2.38. The highest BCUT2D eigenvalue weighted by atomic mass is 19.4. The van der Waals surface area contributed by atoms with Crippen LogP contribution in [0.15, 0.2) is 54.6 Å². The van der Waals surface area contributed by atoms with Crippen LogP contribution >= 0.6 is 0 Å². The molecule has 0 spiro atoms.